The Labute approximate surface area is 180 Å². The maximum atomic E-state index is 12.8. The summed E-state index contributed by atoms with van der Waals surface area (Å²) in [6.45, 7) is 2.01. The van der Waals surface area contributed by atoms with Crippen LogP contribution in [0.2, 0.25) is 0 Å². The van der Waals surface area contributed by atoms with E-state index in [1.165, 1.54) is 12.8 Å². The summed E-state index contributed by atoms with van der Waals surface area (Å²) in [5, 5.41) is 3.20. The fourth-order valence-corrected chi connectivity index (χ4v) is 4.45. The van der Waals surface area contributed by atoms with Crippen LogP contribution in [0, 0.1) is 0 Å². The predicted molar refractivity (Wildman–Crippen MR) is 115 cm³/mol. The number of nitrogens with zero attached hydrogens (tertiary/aromatic N) is 4. The molecule has 0 aromatic carbocycles. The highest BCUT2D eigenvalue weighted by Gasteiger charge is 2.36. The molecule has 2 atom stereocenters. The van der Waals surface area contributed by atoms with Crippen molar-refractivity contribution in [3.05, 3.63) is 36.4 Å². The first-order valence-corrected chi connectivity index (χ1v) is 11.1. The van der Waals surface area contributed by atoms with E-state index < -0.39 is 0 Å². The van der Waals surface area contributed by atoms with Gasteiger partial charge in [0.25, 0.3) is 0 Å². The predicted octanol–water partition coefficient (Wildman–Crippen LogP) is 1.90. The minimum absolute atomic E-state index is 0.0755. The Morgan fingerprint density at radius 2 is 1.93 bits per heavy atom. The quantitative estimate of drug-likeness (QED) is 0.627. The largest absolute Gasteiger partial charge is 0.351 e. The first-order chi connectivity index (χ1) is 14.7. The summed E-state index contributed by atoms with van der Waals surface area (Å²) in [6, 6.07) is 4.13. The third kappa shape index (κ3) is 4.12. The first-order valence-electron chi connectivity index (χ1n) is 10.6. The average Bonchev–Trinajstić information content (AvgIpc) is 3.51. The Balaban J connectivity index is 1.34. The van der Waals surface area contributed by atoms with Crippen LogP contribution in [0.15, 0.2) is 30.7 Å². The van der Waals surface area contributed by atoms with E-state index in [-0.39, 0.29) is 23.2 Å². The van der Waals surface area contributed by atoms with Crippen LogP contribution in [0.25, 0.3) is 11.1 Å². The second kappa shape index (κ2) is 8.45. The van der Waals surface area contributed by atoms with Gasteiger partial charge in [0.15, 0.2) is 0 Å². The molecule has 2 aromatic rings. The van der Waals surface area contributed by atoms with Crippen LogP contribution in [0.3, 0.4) is 0 Å². The molecule has 1 amide bonds. The Kier molecular flexibility index (Phi) is 5.54. The molecule has 8 nitrogen and oxygen atoms in total. The highest BCUT2D eigenvalue weighted by Crippen LogP contribution is 2.35. The smallest absolute Gasteiger partial charge is 0.242 e. The van der Waals surface area contributed by atoms with E-state index in [4.69, 9.17) is 16.6 Å². The van der Waals surface area contributed by atoms with Gasteiger partial charge in [-0.15, -0.1) is 11.6 Å². The number of likely N-dealkylation sites (tertiary alicyclic amines) is 1. The Morgan fingerprint density at radius 3 is 2.60 bits per heavy atom. The molecular formula is C21H26ClN7O. The molecule has 4 heterocycles. The highest BCUT2D eigenvalue weighted by atomic mass is 35.5. The molecule has 3 aliphatic rings. The van der Waals surface area contributed by atoms with E-state index in [0.29, 0.717) is 31.6 Å². The van der Waals surface area contributed by atoms with Gasteiger partial charge in [-0.2, -0.15) is 0 Å². The summed E-state index contributed by atoms with van der Waals surface area (Å²) >= 11 is 6.27. The van der Waals surface area contributed by atoms with Gasteiger partial charge in [-0.1, -0.05) is 0 Å². The van der Waals surface area contributed by atoms with E-state index in [0.717, 1.165) is 29.7 Å². The molecule has 0 spiro atoms. The van der Waals surface area contributed by atoms with E-state index >= 15 is 0 Å². The average molecular weight is 428 g/mol. The number of nitrogens with one attached hydrogen (secondary N) is 3. The van der Waals surface area contributed by atoms with Crippen molar-refractivity contribution in [3.63, 3.8) is 0 Å². The lowest BCUT2D eigenvalue weighted by Crippen LogP contribution is -2.50. The monoisotopic (exact) mass is 427 g/mol. The van der Waals surface area contributed by atoms with Gasteiger partial charge in [-0.05, 0) is 43.4 Å². The van der Waals surface area contributed by atoms with E-state index in [1.807, 2.05) is 23.2 Å². The topological polar surface area (TPSA) is 95.1 Å². The van der Waals surface area contributed by atoms with E-state index in [1.54, 1.807) is 12.4 Å². The van der Waals surface area contributed by atoms with Crippen molar-refractivity contribution in [2.24, 2.45) is 0 Å². The van der Waals surface area contributed by atoms with Crippen molar-refractivity contribution in [1.82, 2.24) is 30.7 Å². The fraction of sp³-hybridized carbons (Fsp3) is 0.524. The Morgan fingerprint density at radius 1 is 1.17 bits per heavy atom. The number of alkyl halides is 1. The molecule has 1 saturated carbocycles. The van der Waals surface area contributed by atoms with Crippen molar-refractivity contribution in [3.8, 4) is 11.1 Å². The third-order valence-corrected chi connectivity index (χ3v) is 6.50. The van der Waals surface area contributed by atoms with Crippen LogP contribution in [-0.2, 0) is 4.79 Å². The molecule has 0 bridgehead atoms. The van der Waals surface area contributed by atoms with Gasteiger partial charge in [0.1, 0.15) is 6.04 Å². The molecule has 9 heteroatoms. The second-order valence-electron chi connectivity index (χ2n) is 8.27. The number of pyridine rings is 1. The van der Waals surface area contributed by atoms with Gasteiger partial charge in [0, 0.05) is 55.7 Å². The summed E-state index contributed by atoms with van der Waals surface area (Å²) < 4.78 is 0. The van der Waals surface area contributed by atoms with Crippen LogP contribution in [0.5, 0.6) is 0 Å². The highest BCUT2D eigenvalue weighted by molar-refractivity contribution is 6.23. The first kappa shape index (κ1) is 19.7. The number of anilines is 1. The number of amides is 1. The number of aromatic nitrogens is 3. The number of halogens is 1. The molecule has 30 heavy (non-hydrogen) atoms. The fourth-order valence-electron chi connectivity index (χ4n) is 4.20. The number of hydrogen-bond donors (Lipinski definition) is 3. The molecule has 3 N–H and O–H groups in total. The van der Waals surface area contributed by atoms with Gasteiger partial charge in [-0.25, -0.2) is 15.4 Å². The van der Waals surface area contributed by atoms with Crippen LogP contribution >= 0.6 is 11.6 Å². The Hall–Kier alpha value is -2.29. The molecule has 1 aliphatic carbocycles. The molecular weight excluding hydrogens is 402 g/mol. The van der Waals surface area contributed by atoms with Crippen LogP contribution in [-0.4, -0.2) is 62.9 Å². The van der Waals surface area contributed by atoms with Crippen molar-refractivity contribution < 1.29 is 4.79 Å². The lowest BCUT2D eigenvalue weighted by Gasteiger charge is -2.34. The van der Waals surface area contributed by atoms with E-state index in [2.05, 4.69) is 26.1 Å². The number of rotatable bonds is 5. The molecule has 3 fully saturated rings. The zero-order valence-corrected chi connectivity index (χ0v) is 17.5. The van der Waals surface area contributed by atoms with Crippen molar-refractivity contribution >= 4 is 23.5 Å². The standard InChI is InChI=1S/C21H26ClN7O/c22-17-12-25-28-19(17)20(30)29-9-5-14(6-10-29)18-16(13-3-7-23-8-4-13)11-24-21(27-18)26-15-1-2-15/h3-4,7-8,11,14-15,17,19,25,28H,1-2,5-6,9-10,12H2,(H,24,26,27). The summed E-state index contributed by atoms with van der Waals surface area (Å²) in [6.07, 6.45) is 9.61. The maximum Gasteiger partial charge on any atom is 0.242 e. The number of piperidine rings is 1. The minimum atomic E-state index is -0.357. The molecule has 2 saturated heterocycles. The van der Waals surface area contributed by atoms with Crippen LogP contribution in [0.1, 0.15) is 37.3 Å². The lowest BCUT2D eigenvalue weighted by atomic mass is 9.89. The van der Waals surface area contributed by atoms with Gasteiger partial charge < -0.3 is 10.2 Å². The minimum Gasteiger partial charge on any atom is -0.351 e. The molecule has 2 aliphatic heterocycles. The number of hydrogen-bond acceptors (Lipinski definition) is 7. The molecule has 2 unspecified atom stereocenters. The second-order valence-corrected chi connectivity index (χ2v) is 8.83. The summed E-state index contributed by atoms with van der Waals surface area (Å²) in [4.78, 5) is 28.4. The normalized spacial score (nSPS) is 24.8. The van der Waals surface area contributed by atoms with Gasteiger partial charge in [0.2, 0.25) is 11.9 Å². The molecule has 158 valence electrons. The van der Waals surface area contributed by atoms with E-state index in [9.17, 15) is 4.79 Å². The number of carbonyl (C=O) groups is 1. The zero-order valence-electron chi connectivity index (χ0n) is 16.7. The van der Waals surface area contributed by atoms with Gasteiger partial charge in [0.05, 0.1) is 11.1 Å². The molecule has 5 rings (SSSR count). The number of hydrazine groups is 1. The maximum absolute atomic E-state index is 12.8. The lowest BCUT2D eigenvalue weighted by molar-refractivity contribution is -0.134. The van der Waals surface area contributed by atoms with Crippen molar-refractivity contribution in [2.75, 3.05) is 25.0 Å². The van der Waals surface area contributed by atoms with Crippen molar-refractivity contribution in [1.29, 1.82) is 0 Å². The van der Waals surface area contributed by atoms with Crippen LogP contribution < -0.4 is 16.2 Å². The van der Waals surface area contributed by atoms with Crippen LogP contribution in [0.4, 0.5) is 5.95 Å². The molecule has 2 aromatic heterocycles. The molecule has 0 radical (unpaired) electrons. The Bertz CT molecular complexity index is 899. The zero-order chi connectivity index (χ0) is 20.5. The third-order valence-electron chi connectivity index (χ3n) is 6.10. The van der Waals surface area contributed by atoms with Gasteiger partial charge >= 0.3 is 0 Å². The van der Waals surface area contributed by atoms with Crippen molar-refractivity contribution in [2.45, 2.75) is 49.1 Å². The summed E-state index contributed by atoms with van der Waals surface area (Å²) in [5.41, 5.74) is 9.15. The summed E-state index contributed by atoms with van der Waals surface area (Å²) in [5.74, 6) is 1.06. The SMILES string of the molecule is O=C(C1NNCC1Cl)N1CCC(c2nc(NC3CC3)ncc2-c2ccncc2)CC1. The number of carbonyl (C=O) groups excluding carboxylic acids is 1. The summed E-state index contributed by atoms with van der Waals surface area (Å²) in [7, 11) is 0. The van der Waals surface area contributed by atoms with Gasteiger partial charge in [-0.3, -0.25) is 15.2 Å².